The largest absolute Gasteiger partial charge is 0.379 e. The average Bonchev–Trinajstić information content (AvgIpc) is 2.72. The monoisotopic (exact) mass is 425 g/mol. The zero-order valence-corrected chi connectivity index (χ0v) is 18.5. The lowest BCUT2D eigenvalue weighted by molar-refractivity contribution is 0.00752. The van der Waals surface area contributed by atoms with Gasteiger partial charge in [-0.25, -0.2) is 13.1 Å². The van der Waals surface area contributed by atoms with E-state index in [-0.39, 0.29) is 12.3 Å². The molecule has 1 unspecified atom stereocenters. The maximum absolute atomic E-state index is 12.2. The van der Waals surface area contributed by atoms with Gasteiger partial charge in [0.15, 0.2) is 5.96 Å². The second kappa shape index (κ2) is 12.1. The summed E-state index contributed by atoms with van der Waals surface area (Å²) >= 11 is 0. The molecule has 1 fully saturated rings. The molecule has 0 bridgehead atoms. The number of morpholine rings is 1. The Labute approximate surface area is 175 Å². The van der Waals surface area contributed by atoms with Crippen molar-refractivity contribution in [3.05, 3.63) is 35.9 Å². The molecule has 1 aliphatic rings. The number of guanidine groups is 1. The predicted octanol–water partition coefficient (Wildman–Crippen LogP) is 0.628. The lowest BCUT2D eigenvalue weighted by Crippen LogP contribution is -2.53. The predicted molar refractivity (Wildman–Crippen MR) is 117 cm³/mol. The number of sulfonamides is 1. The first-order valence-corrected chi connectivity index (χ1v) is 11.8. The van der Waals surface area contributed by atoms with Crippen molar-refractivity contribution in [1.82, 2.24) is 20.3 Å². The normalized spacial score (nSPS) is 17.3. The molecule has 1 heterocycles. The third-order valence-corrected chi connectivity index (χ3v) is 6.31. The summed E-state index contributed by atoms with van der Waals surface area (Å²) in [6.45, 7) is 9.15. The van der Waals surface area contributed by atoms with Crippen molar-refractivity contribution in [2.45, 2.75) is 26.4 Å². The maximum atomic E-state index is 12.2. The minimum absolute atomic E-state index is 0.0163. The van der Waals surface area contributed by atoms with Gasteiger partial charge in [0.05, 0.1) is 19.0 Å². The molecular weight excluding hydrogens is 390 g/mol. The smallest absolute Gasteiger partial charge is 0.213 e. The number of ether oxygens (including phenoxy) is 1. The van der Waals surface area contributed by atoms with Crippen LogP contribution in [0.4, 0.5) is 0 Å². The van der Waals surface area contributed by atoms with Crippen LogP contribution in [0.25, 0.3) is 0 Å². The number of nitrogens with one attached hydrogen (secondary N) is 3. The molecule has 1 aliphatic heterocycles. The number of nitrogens with zero attached hydrogens (tertiary/aromatic N) is 2. The number of hydrogen-bond donors (Lipinski definition) is 3. The van der Waals surface area contributed by atoms with Gasteiger partial charge in [0.25, 0.3) is 0 Å². The molecule has 0 aromatic heterocycles. The lowest BCUT2D eigenvalue weighted by atomic mass is 10.0. The standard InChI is InChI=1S/C20H35N5O3S/c1-17(2)19(25-10-12-28-13-11-25)16-23-20(21-3)22-9-14-29(26,27)24-15-18-7-5-4-6-8-18/h4-8,17,19,24H,9-16H2,1-3H3,(H2,21,22,23). The van der Waals surface area contributed by atoms with Gasteiger partial charge in [-0.15, -0.1) is 0 Å². The van der Waals surface area contributed by atoms with Crippen molar-refractivity contribution >= 4 is 16.0 Å². The molecule has 0 amide bonds. The average molecular weight is 426 g/mol. The molecule has 164 valence electrons. The summed E-state index contributed by atoms with van der Waals surface area (Å²) in [7, 11) is -1.67. The van der Waals surface area contributed by atoms with Gasteiger partial charge < -0.3 is 15.4 Å². The first-order chi connectivity index (χ1) is 13.9. The summed E-state index contributed by atoms with van der Waals surface area (Å²) in [6.07, 6.45) is 0. The highest BCUT2D eigenvalue weighted by Gasteiger charge is 2.23. The Morgan fingerprint density at radius 1 is 1.17 bits per heavy atom. The van der Waals surface area contributed by atoms with Crippen LogP contribution >= 0.6 is 0 Å². The van der Waals surface area contributed by atoms with E-state index < -0.39 is 10.0 Å². The van der Waals surface area contributed by atoms with Crippen molar-refractivity contribution in [3.8, 4) is 0 Å². The van der Waals surface area contributed by atoms with Gasteiger partial charge in [0, 0.05) is 45.8 Å². The minimum atomic E-state index is -3.36. The van der Waals surface area contributed by atoms with Crippen LogP contribution in [0.3, 0.4) is 0 Å². The van der Waals surface area contributed by atoms with E-state index in [9.17, 15) is 8.42 Å². The fourth-order valence-corrected chi connectivity index (χ4v) is 4.18. The lowest BCUT2D eigenvalue weighted by Gasteiger charge is -2.37. The molecule has 29 heavy (non-hydrogen) atoms. The SMILES string of the molecule is CN=C(NCCS(=O)(=O)NCc1ccccc1)NCC(C(C)C)N1CCOCC1. The minimum Gasteiger partial charge on any atom is -0.379 e. The Balaban J connectivity index is 1.74. The molecule has 3 N–H and O–H groups in total. The molecule has 0 radical (unpaired) electrons. The van der Waals surface area contributed by atoms with Gasteiger partial charge >= 0.3 is 0 Å². The van der Waals surface area contributed by atoms with E-state index in [2.05, 4.69) is 39.1 Å². The highest BCUT2D eigenvalue weighted by atomic mass is 32.2. The van der Waals surface area contributed by atoms with Gasteiger partial charge in [-0.2, -0.15) is 0 Å². The van der Waals surface area contributed by atoms with Crippen LogP contribution in [0.5, 0.6) is 0 Å². The van der Waals surface area contributed by atoms with E-state index in [4.69, 9.17) is 4.74 Å². The molecule has 8 nitrogen and oxygen atoms in total. The summed E-state index contributed by atoms with van der Waals surface area (Å²) in [5, 5.41) is 6.43. The van der Waals surface area contributed by atoms with Crippen LogP contribution in [0.15, 0.2) is 35.3 Å². The Morgan fingerprint density at radius 3 is 2.48 bits per heavy atom. The first kappa shape index (κ1) is 23.6. The Morgan fingerprint density at radius 2 is 1.86 bits per heavy atom. The van der Waals surface area contributed by atoms with Crippen LogP contribution in [0, 0.1) is 5.92 Å². The van der Waals surface area contributed by atoms with Crippen molar-refractivity contribution < 1.29 is 13.2 Å². The summed E-state index contributed by atoms with van der Waals surface area (Å²) < 4.78 is 32.5. The fraction of sp³-hybridized carbons (Fsp3) is 0.650. The van der Waals surface area contributed by atoms with Crippen LogP contribution in [0.1, 0.15) is 19.4 Å². The number of benzene rings is 1. The summed E-state index contributed by atoms with van der Waals surface area (Å²) in [4.78, 5) is 6.65. The quantitative estimate of drug-likeness (QED) is 0.376. The van der Waals surface area contributed by atoms with Gasteiger partial charge in [-0.05, 0) is 11.5 Å². The third-order valence-electron chi connectivity index (χ3n) is 4.99. The third kappa shape index (κ3) is 8.69. The van der Waals surface area contributed by atoms with Gasteiger partial charge in [-0.3, -0.25) is 9.89 Å². The van der Waals surface area contributed by atoms with Crippen molar-refractivity contribution in [1.29, 1.82) is 0 Å². The summed E-state index contributed by atoms with van der Waals surface area (Å²) in [5.74, 6) is 1.08. The Kier molecular flexibility index (Phi) is 9.86. The number of aliphatic imine (C=N–C) groups is 1. The second-order valence-electron chi connectivity index (χ2n) is 7.47. The molecule has 9 heteroatoms. The molecule has 0 aliphatic carbocycles. The van der Waals surface area contributed by atoms with Crippen LogP contribution in [-0.4, -0.2) is 77.5 Å². The van der Waals surface area contributed by atoms with Crippen molar-refractivity contribution in [3.63, 3.8) is 0 Å². The molecule has 1 atom stereocenters. The van der Waals surface area contributed by atoms with Crippen molar-refractivity contribution in [2.24, 2.45) is 10.9 Å². The zero-order valence-electron chi connectivity index (χ0n) is 17.7. The molecule has 0 saturated carbocycles. The topological polar surface area (TPSA) is 95.1 Å². The zero-order chi connectivity index (χ0) is 21.1. The van der Waals surface area contributed by atoms with Crippen LogP contribution in [-0.2, 0) is 21.3 Å². The van der Waals surface area contributed by atoms with Crippen molar-refractivity contribution in [2.75, 3.05) is 52.2 Å². The van der Waals surface area contributed by atoms with E-state index in [1.165, 1.54) is 0 Å². The molecule has 1 aromatic rings. The Bertz CT molecular complexity index is 719. The molecule has 0 spiro atoms. The first-order valence-electron chi connectivity index (χ1n) is 10.2. The molecule has 1 aromatic carbocycles. The van der Waals surface area contributed by atoms with E-state index in [1.807, 2.05) is 30.3 Å². The molecule has 1 saturated heterocycles. The maximum Gasteiger partial charge on any atom is 0.213 e. The summed E-state index contributed by atoms with van der Waals surface area (Å²) in [5.41, 5.74) is 0.935. The number of hydrogen-bond acceptors (Lipinski definition) is 5. The highest BCUT2D eigenvalue weighted by molar-refractivity contribution is 7.89. The summed E-state index contributed by atoms with van der Waals surface area (Å²) in [6, 6.07) is 9.85. The Hall–Kier alpha value is -1.68. The fourth-order valence-electron chi connectivity index (χ4n) is 3.28. The van der Waals surface area contributed by atoms with E-state index in [0.717, 1.165) is 38.4 Å². The van der Waals surface area contributed by atoms with E-state index in [1.54, 1.807) is 7.05 Å². The second-order valence-corrected chi connectivity index (χ2v) is 9.39. The molecule has 2 rings (SSSR count). The van der Waals surface area contributed by atoms with E-state index in [0.29, 0.717) is 24.5 Å². The van der Waals surface area contributed by atoms with Crippen LogP contribution < -0.4 is 15.4 Å². The molecular formula is C20H35N5O3S. The highest BCUT2D eigenvalue weighted by Crippen LogP contribution is 2.12. The van der Waals surface area contributed by atoms with Crippen LogP contribution in [0.2, 0.25) is 0 Å². The van der Waals surface area contributed by atoms with E-state index >= 15 is 0 Å². The van der Waals surface area contributed by atoms with Gasteiger partial charge in [0.2, 0.25) is 10.0 Å². The van der Waals surface area contributed by atoms with Gasteiger partial charge in [-0.1, -0.05) is 44.2 Å². The number of rotatable bonds is 10. The van der Waals surface area contributed by atoms with Gasteiger partial charge in [0.1, 0.15) is 0 Å².